The Bertz CT molecular complexity index is 652. The summed E-state index contributed by atoms with van der Waals surface area (Å²) in [5.74, 6) is -1.23. The molecule has 26 heavy (non-hydrogen) atoms. The van der Waals surface area contributed by atoms with Crippen LogP contribution in [0, 0.1) is 5.82 Å². The van der Waals surface area contributed by atoms with E-state index in [1.807, 2.05) is 11.9 Å². The van der Waals surface area contributed by atoms with Crippen molar-refractivity contribution >= 4 is 30.0 Å². The number of piperidine rings is 1. The number of benzene rings is 1. The summed E-state index contributed by atoms with van der Waals surface area (Å²) in [6.07, 6.45) is 2.38. The molecule has 6 nitrogen and oxygen atoms in total. The van der Waals surface area contributed by atoms with Gasteiger partial charge in [0.1, 0.15) is 5.82 Å². The third kappa shape index (κ3) is 4.34. The summed E-state index contributed by atoms with van der Waals surface area (Å²) < 4.78 is 14.0. The zero-order chi connectivity index (χ0) is 18.0. The number of anilines is 1. The van der Waals surface area contributed by atoms with Crippen molar-refractivity contribution in [1.29, 1.82) is 0 Å². The minimum atomic E-state index is -0.823. The quantitative estimate of drug-likeness (QED) is 0.837. The van der Waals surface area contributed by atoms with Gasteiger partial charge in [0, 0.05) is 25.7 Å². The highest BCUT2D eigenvalue weighted by Gasteiger charge is 2.39. The summed E-state index contributed by atoms with van der Waals surface area (Å²) in [7, 11) is 1.83. The molecule has 1 amide bonds. The molecule has 2 aliphatic rings. The molecule has 2 aliphatic heterocycles. The summed E-state index contributed by atoms with van der Waals surface area (Å²) in [5, 5.41) is 8.90. The molecule has 0 saturated carbocycles. The Hall–Kier alpha value is -1.70. The minimum absolute atomic E-state index is 0. The zero-order valence-electron chi connectivity index (χ0n) is 14.8. The standard InChI is InChI=1S/C18H24FN3O3.ClH/c1-20(12-17(23)24)13-6-9-21(10-7-13)16-8-11-22(18(16)25)15-5-3-2-4-14(15)19;/h2-5,13,16H,6-12H2,1H3,(H,23,24);1H. The molecule has 8 heteroatoms. The van der Waals surface area contributed by atoms with Crippen LogP contribution < -0.4 is 4.90 Å². The number of carbonyl (C=O) groups is 2. The fourth-order valence-electron chi connectivity index (χ4n) is 3.89. The topological polar surface area (TPSA) is 64.1 Å². The van der Waals surface area contributed by atoms with E-state index >= 15 is 0 Å². The van der Waals surface area contributed by atoms with Gasteiger partial charge >= 0.3 is 5.97 Å². The summed E-state index contributed by atoms with van der Waals surface area (Å²) in [4.78, 5) is 29.2. The number of carboxylic acid groups (broad SMARTS) is 1. The van der Waals surface area contributed by atoms with Crippen molar-refractivity contribution < 1.29 is 19.1 Å². The molecule has 0 radical (unpaired) electrons. The first-order valence-corrected chi connectivity index (χ1v) is 8.69. The van der Waals surface area contributed by atoms with Gasteiger partial charge in [-0.3, -0.25) is 19.4 Å². The zero-order valence-corrected chi connectivity index (χ0v) is 15.6. The Morgan fingerprint density at radius 3 is 2.50 bits per heavy atom. The van der Waals surface area contributed by atoms with Crippen molar-refractivity contribution in [1.82, 2.24) is 9.80 Å². The molecule has 1 aromatic rings. The first-order valence-electron chi connectivity index (χ1n) is 8.69. The number of para-hydroxylation sites is 1. The number of amides is 1. The first-order chi connectivity index (χ1) is 12.0. The predicted molar refractivity (Wildman–Crippen MR) is 99.3 cm³/mol. The number of carboxylic acids is 1. The maximum Gasteiger partial charge on any atom is 0.317 e. The van der Waals surface area contributed by atoms with Gasteiger partial charge in [0.15, 0.2) is 0 Å². The van der Waals surface area contributed by atoms with Crippen molar-refractivity contribution in [3.8, 4) is 0 Å². The van der Waals surface area contributed by atoms with Crippen LogP contribution in [0.5, 0.6) is 0 Å². The van der Waals surface area contributed by atoms with E-state index in [0.29, 0.717) is 18.7 Å². The Morgan fingerprint density at radius 2 is 1.88 bits per heavy atom. The Kier molecular flexibility index (Phi) is 6.97. The number of carbonyl (C=O) groups excluding carboxylic acids is 1. The van der Waals surface area contributed by atoms with Crippen LogP contribution in [0.3, 0.4) is 0 Å². The van der Waals surface area contributed by atoms with Crippen LogP contribution in [-0.2, 0) is 9.59 Å². The SMILES string of the molecule is CN(CC(=O)O)C1CCN(C2CCN(c3ccccc3F)C2=O)CC1.Cl. The van der Waals surface area contributed by atoms with Crippen LogP contribution in [0.1, 0.15) is 19.3 Å². The number of nitrogens with zero attached hydrogens (tertiary/aromatic N) is 3. The van der Waals surface area contributed by atoms with Crippen LogP contribution >= 0.6 is 12.4 Å². The van der Waals surface area contributed by atoms with E-state index in [1.165, 1.54) is 6.07 Å². The molecule has 2 fully saturated rings. The van der Waals surface area contributed by atoms with E-state index in [2.05, 4.69) is 4.90 Å². The summed E-state index contributed by atoms with van der Waals surface area (Å²) in [5.41, 5.74) is 0.353. The lowest BCUT2D eigenvalue weighted by molar-refractivity contribution is -0.138. The van der Waals surface area contributed by atoms with Crippen LogP contribution in [0.2, 0.25) is 0 Å². The summed E-state index contributed by atoms with van der Waals surface area (Å²) in [6.45, 7) is 2.09. The highest BCUT2D eigenvalue weighted by atomic mass is 35.5. The van der Waals surface area contributed by atoms with Crippen molar-refractivity contribution in [2.24, 2.45) is 0 Å². The Labute approximate surface area is 159 Å². The van der Waals surface area contributed by atoms with E-state index in [0.717, 1.165) is 25.9 Å². The molecule has 0 spiro atoms. The van der Waals surface area contributed by atoms with Crippen molar-refractivity contribution in [2.45, 2.75) is 31.3 Å². The molecular weight excluding hydrogens is 361 g/mol. The van der Waals surface area contributed by atoms with Crippen LogP contribution in [-0.4, -0.2) is 72.1 Å². The fourth-order valence-corrected chi connectivity index (χ4v) is 3.89. The van der Waals surface area contributed by atoms with E-state index in [1.54, 1.807) is 23.1 Å². The van der Waals surface area contributed by atoms with Crippen LogP contribution in [0.15, 0.2) is 24.3 Å². The number of aliphatic carboxylic acids is 1. The van der Waals surface area contributed by atoms with Gasteiger partial charge in [0.05, 0.1) is 18.3 Å². The van der Waals surface area contributed by atoms with E-state index in [9.17, 15) is 14.0 Å². The second kappa shape index (κ2) is 8.79. The van der Waals surface area contributed by atoms with Crippen molar-refractivity contribution in [3.05, 3.63) is 30.1 Å². The smallest absolute Gasteiger partial charge is 0.317 e. The Balaban J connectivity index is 0.00000243. The molecule has 3 rings (SSSR count). The predicted octanol–water partition coefficient (Wildman–Crippen LogP) is 1.83. The second-order valence-electron chi connectivity index (χ2n) is 6.82. The summed E-state index contributed by atoms with van der Waals surface area (Å²) >= 11 is 0. The fraction of sp³-hybridized carbons (Fsp3) is 0.556. The van der Waals surface area contributed by atoms with Gasteiger partial charge < -0.3 is 10.0 Å². The van der Waals surface area contributed by atoms with E-state index in [4.69, 9.17) is 5.11 Å². The lowest BCUT2D eigenvalue weighted by Gasteiger charge is -2.38. The van der Waals surface area contributed by atoms with Crippen LogP contribution in [0.4, 0.5) is 10.1 Å². The molecule has 0 aliphatic carbocycles. The highest BCUT2D eigenvalue weighted by molar-refractivity contribution is 5.99. The van der Waals surface area contributed by atoms with Gasteiger partial charge in [-0.15, -0.1) is 12.4 Å². The average Bonchev–Trinajstić information content (AvgIpc) is 2.96. The summed E-state index contributed by atoms with van der Waals surface area (Å²) in [6, 6.07) is 6.40. The van der Waals surface area contributed by atoms with Crippen LogP contribution in [0.25, 0.3) is 0 Å². The minimum Gasteiger partial charge on any atom is -0.480 e. The second-order valence-corrected chi connectivity index (χ2v) is 6.82. The molecular formula is C18H25ClFN3O3. The van der Waals surface area contributed by atoms with Gasteiger partial charge in [-0.2, -0.15) is 0 Å². The maximum absolute atomic E-state index is 14.0. The molecule has 1 N–H and O–H groups in total. The van der Waals surface area contributed by atoms with Crippen molar-refractivity contribution in [2.75, 3.05) is 38.1 Å². The molecule has 0 bridgehead atoms. The number of likely N-dealkylation sites (tertiary alicyclic amines) is 1. The average molecular weight is 386 g/mol. The number of likely N-dealkylation sites (N-methyl/N-ethyl adjacent to an activating group) is 1. The van der Waals surface area contributed by atoms with Gasteiger partial charge in [-0.05, 0) is 38.4 Å². The largest absolute Gasteiger partial charge is 0.480 e. The van der Waals surface area contributed by atoms with Gasteiger partial charge in [-0.1, -0.05) is 12.1 Å². The molecule has 1 aromatic carbocycles. The lowest BCUT2D eigenvalue weighted by Crippen LogP contribution is -2.50. The highest BCUT2D eigenvalue weighted by Crippen LogP contribution is 2.28. The molecule has 2 saturated heterocycles. The number of halogens is 2. The van der Waals surface area contributed by atoms with Crippen molar-refractivity contribution in [3.63, 3.8) is 0 Å². The molecule has 0 aromatic heterocycles. The van der Waals surface area contributed by atoms with E-state index in [-0.39, 0.29) is 42.8 Å². The Morgan fingerprint density at radius 1 is 1.23 bits per heavy atom. The third-order valence-corrected chi connectivity index (χ3v) is 5.27. The first kappa shape index (κ1) is 20.6. The number of hydrogen-bond donors (Lipinski definition) is 1. The molecule has 1 atom stereocenters. The molecule has 1 unspecified atom stereocenters. The number of hydrogen-bond acceptors (Lipinski definition) is 4. The lowest BCUT2D eigenvalue weighted by atomic mass is 10.0. The van der Waals surface area contributed by atoms with Gasteiger partial charge in [0.2, 0.25) is 5.91 Å². The van der Waals surface area contributed by atoms with Gasteiger partial charge in [0.25, 0.3) is 0 Å². The maximum atomic E-state index is 14.0. The molecule has 2 heterocycles. The third-order valence-electron chi connectivity index (χ3n) is 5.27. The van der Waals surface area contributed by atoms with Gasteiger partial charge in [-0.25, -0.2) is 4.39 Å². The molecule has 144 valence electrons. The normalized spacial score (nSPS) is 21.9. The number of rotatable bonds is 5. The van der Waals surface area contributed by atoms with E-state index < -0.39 is 5.97 Å². The monoisotopic (exact) mass is 385 g/mol.